The largest absolute Gasteiger partial charge is 0.411 e. The molecule has 0 aliphatic heterocycles. The summed E-state index contributed by atoms with van der Waals surface area (Å²) in [6, 6.07) is 17.9. The van der Waals surface area contributed by atoms with E-state index in [4.69, 9.17) is 4.42 Å². The summed E-state index contributed by atoms with van der Waals surface area (Å²) in [5.41, 5.74) is 3.09. The van der Waals surface area contributed by atoms with Crippen molar-refractivity contribution >= 4 is 23.4 Å². The van der Waals surface area contributed by atoms with Gasteiger partial charge >= 0.3 is 0 Å². The van der Waals surface area contributed by atoms with Gasteiger partial charge in [-0.2, -0.15) is 0 Å². The van der Waals surface area contributed by atoms with Crippen LogP contribution in [0.5, 0.6) is 0 Å². The van der Waals surface area contributed by atoms with Gasteiger partial charge in [0.05, 0.1) is 5.25 Å². The fourth-order valence-electron chi connectivity index (χ4n) is 2.91. The van der Waals surface area contributed by atoms with Crippen molar-refractivity contribution in [2.24, 2.45) is 0 Å². The number of benzene rings is 2. The van der Waals surface area contributed by atoms with Gasteiger partial charge in [-0.3, -0.25) is 4.79 Å². The lowest BCUT2D eigenvalue weighted by Gasteiger charge is -2.20. The first kappa shape index (κ1) is 20.9. The maximum atomic E-state index is 12.3. The smallest absolute Gasteiger partial charge is 0.277 e. The third-order valence-electron chi connectivity index (χ3n) is 4.61. The van der Waals surface area contributed by atoms with E-state index in [2.05, 4.69) is 46.4 Å². The van der Waals surface area contributed by atoms with Crippen molar-refractivity contribution in [3.63, 3.8) is 0 Å². The Kier molecular flexibility index (Phi) is 7.30. The quantitative estimate of drug-likeness (QED) is 0.528. The second-order valence-corrected chi connectivity index (χ2v) is 7.85. The van der Waals surface area contributed by atoms with Gasteiger partial charge in [0.15, 0.2) is 0 Å². The van der Waals surface area contributed by atoms with E-state index < -0.39 is 0 Å². The Morgan fingerprint density at radius 1 is 1.07 bits per heavy atom. The Morgan fingerprint density at radius 2 is 1.76 bits per heavy atom. The molecule has 2 aromatic carbocycles. The van der Waals surface area contributed by atoms with E-state index in [1.54, 1.807) is 0 Å². The molecule has 1 unspecified atom stereocenters. The van der Waals surface area contributed by atoms with Crippen LogP contribution in [-0.4, -0.2) is 34.4 Å². The molecule has 1 amide bonds. The second kappa shape index (κ2) is 10.1. The third kappa shape index (κ3) is 5.60. The number of nitrogens with zero attached hydrogens (tertiary/aromatic N) is 3. The Bertz CT molecular complexity index is 908. The molecule has 0 radical (unpaired) electrons. The summed E-state index contributed by atoms with van der Waals surface area (Å²) in [5, 5.41) is 11.2. The first-order valence-corrected chi connectivity index (χ1v) is 10.7. The zero-order valence-electron chi connectivity index (χ0n) is 17.0. The Labute approximate surface area is 175 Å². The van der Waals surface area contributed by atoms with Crippen molar-refractivity contribution in [2.45, 2.75) is 37.8 Å². The molecule has 1 atom stereocenters. The number of hydrogen-bond acceptors (Lipinski definition) is 6. The van der Waals surface area contributed by atoms with Crippen molar-refractivity contribution in [3.05, 3.63) is 60.2 Å². The van der Waals surface area contributed by atoms with Crippen LogP contribution in [0.1, 0.15) is 26.3 Å². The van der Waals surface area contributed by atoms with Crippen molar-refractivity contribution in [2.75, 3.05) is 18.0 Å². The van der Waals surface area contributed by atoms with Crippen LogP contribution in [0.3, 0.4) is 0 Å². The predicted molar refractivity (Wildman–Crippen MR) is 117 cm³/mol. The first-order valence-electron chi connectivity index (χ1n) is 9.77. The number of amides is 1. The number of aromatic nitrogens is 2. The Hall–Kier alpha value is -2.80. The lowest BCUT2D eigenvalue weighted by Crippen LogP contribution is -2.30. The third-order valence-corrected chi connectivity index (χ3v) is 5.54. The molecule has 0 fully saturated rings. The first-order chi connectivity index (χ1) is 14.1. The fourth-order valence-corrected chi connectivity index (χ4v) is 3.62. The normalized spacial score (nSPS) is 11.8. The van der Waals surface area contributed by atoms with E-state index in [-0.39, 0.29) is 11.2 Å². The topological polar surface area (TPSA) is 71.3 Å². The predicted octanol–water partition coefficient (Wildman–Crippen LogP) is 4.38. The van der Waals surface area contributed by atoms with Gasteiger partial charge in [-0.05, 0) is 50.6 Å². The number of thioether (sulfide) groups is 1. The van der Waals surface area contributed by atoms with E-state index in [1.807, 2.05) is 49.4 Å². The highest BCUT2D eigenvalue weighted by molar-refractivity contribution is 8.00. The zero-order valence-corrected chi connectivity index (χ0v) is 17.8. The number of rotatable bonds is 9. The van der Waals surface area contributed by atoms with Crippen LogP contribution in [0, 0.1) is 0 Å². The minimum Gasteiger partial charge on any atom is -0.411 e. The summed E-state index contributed by atoms with van der Waals surface area (Å²) in [5.74, 6) is 0.387. The average molecular weight is 411 g/mol. The highest BCUT2D eigenvalue weighted by atomic mass is 32.2. The van der Waals surface area contributed by atoms with Gasteiger partial charge in [0.25, 0.3) is 5.22 Å². The number of carbonyl (C=O) groups is 1. The van der Waals surface area contributed by atoms with E-state index in [1.165, 1.54) is 11.8 Å². The maximum absolute atomic E-state index is 12.3. The molecule has 3 aromatic rings. The molecule has 0 saturated heterocycles. The van der Waals surface area contributed by atoms with E-state index >= 15 is 0 Å². The Morgan fingerprint density at radius 3 is 2.41 bits per heavy atom. The molecule has 7 heteroatoms. The van der Waals surface area contributed by atoms with E-state index in [0.717, 1.165) is 29.9 Å². The van der Waals surface area contributed by atoms with Gasteiger partial charge in [0, 0.05) is 30.9 Å². The minimum atomic E-state index is -0.336. The zero-order chi connectivity index (χ0) is 20.6. The van der Waals surface area contributed by atoms with Crippen LogP contribution in [0.25, 0.3) is 11.5 Å². The van der Waals surface area contributed by atoms with Crippen LogP contribution in [0.15, 0.2) is 64.2 Å². The Balaban J connectivity index is 1.57. The number of carbonyl (C=O) groups excluding carboxylic acids is 1. The van der Waals surface area contributed by atoms with Gasteiger partial charge in [0.2, 0.25) is 11.8 Å². The molecule has 0 aliphatic carbocycles. The van der Waals surface area contributed by atoms with E-state index in [0.29, 0.717) is 17.7 Å². The summed E-state index contributed by atoms with van der Waals surface area (Å²) >= 11 is 1.26. The number of nitrogens with one attached hydrogen (secondary N) is 1. The highest BCUT2D eigenvalue weighted by Gasteiger charge is 2.18. The summed E-state index contributed by atoms with van der Waals surface area (Å²) < 4.78 is 5.75. The minimum absolute atomic E-state index is 0.0674. The molecule has 0 aliphatic rings. The summed E-state index contributed by atoms with van der Waals surface area (Å²) in [7, 11) is 0. The standard InChI is InChI=1S/C22H26N4O2S/c1-4-26(5-2)19-13-11-18(12-14-19)21-24-25-22(28-21)29-16(3)20(27)23-15-17-9-7-6-8-10-17/h6-14,16H,4-5,15H2,1-3H3,(H,23,27). The maximum Gasteiger partial charge on any atom is 0.277 e. The molecule has 0 bridgehead atoms. The number of hydrogen-bond donors (Lipinski definition) is 1. The summed E-state index contributed by atoms with van der Waals surface area (Å²) in [6.07, 6.45) is 0. The molecular weight excluding hydrogens is 384 g/mol. The molecule has 152 valence electrons. The van der Waals surface area contributed by atoms with Crippen LogP contribution in [-0.2, 0) is 11.3 Å². The van der Waals surface area contributed by atoms with Gasteiger partial charge in [0.1, 0.15) is 0 Å². The summed E-state index contributed by atoms with van der Waals surface area (Å²) in [4.78, 5) is 14.6. The molecule has 0 spiro atoms. The van der Waals surface area contributed by atoms with Crippen LogP contribution in [0.2, 0.25) is 0 Å². The number of anilines is 1. The molecule has 0 saturated carbocycles. The highest BCUT2D eigenvalue weighted by Crippen LogP contribution is 2.27. The van der Waals surface area contributed by atoms with Crippen molar-refractivity contribution < 1.29 is 9.21 Å². The average Bonchev–Trinajstić information content (AvgIpc) is 3.22. The van der Waals surface area contributed by atoms with E-state index in [9.17, 15) is 4.79 Å². The van der Waals surface area contributed by atoms with Crippen LogP contribution < -0.4 is 10.2 Å². The van der Waals surface area contributed by atoms with Gasteiger partial charge in [-0.1, -0.05) is 42.1 Å². The monoisotopic (exact) mass is 410 g/mol. The van der Waals surface area contributed by atoms with Crippen molar-refractivity contribution in [1.29, 1.82) is 0 Å². The lowest BCUT2D eigenvalue weighted by atomic mass is 10.2. The van der Waals surface area contributed by atoms with Crippen LogP contribution in [0.4, 0.5) is 5.69 Å². The van der Waals surface area contributed by atoms with Gasteiger partial charge in [-0.25, -0.2) is 0 Å². The van der Waals surface area contributed by atoms with Crippen molar-refractivity contribution in [1.82, 2.24) is 15.5 Å². The molecular formula is C22H26N4O2S. The van der Waals surface area contributed by atoms with Crippen molar-refractivity contribution in [3.8, 4) is 11.5 Å². The molecule has 6 nitrogen and oxygen atoms in total. The molecule has 1 N–H and O–H groups in total. The molecule has 1 aromatic heterocycles. The van der Waals surface area contributed by atoms with Gasteiger partial charge < -0.3 is 14.6 Å². The molecule has 29 heavy (non-hydrogen) atoms. The molecule has 1 heterocycles. The summed E-state index contributed by atoms with van der Waals surface area (Å²) in [6.45, 7) is 8.52. The van der Waals surface area contributed by atoms with Gasteiger partial charge in [-0.15, -0.1) is 10.2 Å². The lowest BCUT2D eigenvalue weighted by molar-refractivity contribution is -0.120. The SMILES string of the molecule is CCN(CC)c1ccc(-c2nnc(SC(C)C(=O)NCc3ccccc3)o2)cc1. The fraction of sp³-hybridized carbons (Fsp3) is 0.318. The second-order valence-electron chi connectivity index (χ2n) is 6.56. The van der Waals surface area contributed by atoms with Crippen LogP contribution >= 0.6 is 11.8 Å². The molecule has 3 rings (SSSR count).